The maximum absolute atomic E-state index is 5.57. The van der Waals surface area contributed by atoms with E-state index in [2.05, 4.69) is 36.4 Å². The lowest BCUT2D eigenvalue weighted by Gasteiger charge is -1.99. The molecule has 6 heteroatoms. The molecule has 0 radical (unpaired) electrons. The number of H-pyrrole nitrogens is 1. The molecule has 0 saturated carbocycles. The van der Waals surface area contributed by atoms with Crippen LogP contribution in [0, 0.1) is 6.92 Å². The second kappa shape index (κ2) is 5.38. The zero-order valence-corrected chi connectivity index (χ0v) is 12.9. The first kappa shape index (κ1) is 13.3. The van der Waals surface area contributed by atoms with Gasteiger partial charge in [0.15, 0.2) is 11.5 Å². The maximum Gasteiger partial charge on any atom is 0.192 e. The molecule has 0 aliphatic carbocycles. The normalized spacial score (nSPS) is 11.3. The standard InChI is InChI=1S/C14H15BrN4O/c1-8-17-10-4-3-9(7-12(10)20-8)14-13(15)11(18-19-14)5-6-16-2/h3-4,7,16H,5-6H2,1-2H3,(H,18,19). The number of aromatic amines is 1. The van der Waals surface area contributed by atoms with E-state index in [4.69, 9.17) is 4.42 Å². The van der Waals surface area contributed by atoms with Crippen LogP contribution in [0.4, 0.5) is 0 Å². The van der Waals surface area contributed by atoms with E-state index >= 15 is 0 Å². The average Bonchev–Trinajstić information content (AvgIpc) is 2.97. The molecular formula is C14H15BrN4O. The minimum Gasteiger partial charge on any atom is -0.441 e. The van der Waals surface area contributed by atoms with Crippen LogP contribution in [0.3, 0.4) is 0 Å². The molecule has 0 aliphatic rings. The van der Waals surface area contributed by atoms with Crippen LogP contribution < -0.4 is 5.32 Å². The number of benzene rings is 1. The predicted molar refractivity (Wildman–Crippen MR) is 81.7 cm³/mol. The second-order valence-corrected chi connectivity index (χ2v) is 5.43. The van der Waals surface area contributed by atoms with Gasteiger partial charge in [0.1, 0.15) is 11.2 Å². The van der Waals surface area contributed by atoms with Gasteiger partial charge in [-0.3, -0.25) is 5.10 Å². The van der Waals surface area contributed by atoms with Gasteiger partial charge in [-0.2, -0.15) is 5.10 Å². The Bertz CT molecular complexity index is 747. The number of fused-ring (bicyclic) bond motifs is 1. The van der Waals surface area contributed by atoms with Crippen molar-refractivity contribution in [3.63, 3.8) is 0 Å². The number of aryl methyl sites for hydroxylation is 1. The number of aromatic nitrogens is 3. The maximum atomic E-state index is 5.57. The first-order valence-corrected chi connectivity index (χ1v) is 7.23. The number of halogens is 1. The minimum absolute atomic E-state index is 0.674. The molecule has 1 aromatic carbocycles. The van der Waals surface area contributed by atoms with Gasteiger partial charge in [-0.1, -0.05) is 6.07 Å². The Labute approximate surface area is 124 Å². The molecule has 3 rings (SSSR count). The van der Waals surface area contributed by atoms with Gasteiger partial charge in [0, 0.05) is 25.5 Å². The van der Waals surface area contributed by atoms with Gasteiger partial charge in [0.05, 0.1) is 10.2 Å². The Hall–Kier alpha value is -1.66. The molecule has 0 saturated heterocycles. The number of nitrogens with zero attached hydrogens (tertiary/aromatic N) is 2. The summed E-state index contributed by atoms with van der Waals surface area (Å²) >= 11 is 3.62. The second-order valence-electron chi connectivity index (χ2n) is 4.63. The first-order valence-electron chi connectivity index (χ1n) is 6.44. The number of oxazole rings is 1. The monoisotopic (exact) mass is 334 g/mol. The number of hydrogen-bond donors (Lipinski definition) is 2. The number of likely N-dealkylation sites (N-methyl/N-ethyl adjacent to an activating group) is 1. The summed E-state index contributed by atoms with van der Waals surface area (Å²) in [4.78, 5) is 4.30. The topological polar surface area (TPSA) is 66.7 Å². The van der Waals surface area contributed by atoms with E-state index in [9.17, 15) is 0 Å². The van der Waals surface area contributed by atoms with Crippen molar-refractivity contribution in [2.75, 3.05) is 13.6 Å². The molecule has 104 valence electrons. The van der Waals surface area contributed by atoms with E-state index in [0.717, 1.165) is 45.5 Å². The molecular weight excluding hydrogens is 320 g/mol. The highest BCUT2D eigenvalue weighted by Gasteiger charge is 2.13. The summed E-state index contributed by atoms with van der Waals surface area (Å²) in [5, 5.41) is 10.6. The van der Waals surface area contributed by atoms with Crippen molar-refractivity contribution in [1.29, 1.82) is 0 Å². The molecule has 5 nitrogen and oxygen atoms in total. The van der Waals surface area contributed by atoms with Crippen molar-refractivity contribution in [2.24, 2.45) is 0 Å². The summed E-state index contributed by atoms with van der Waals surface area (Å²) in [5.41, 5.74) is 4.64. The number of rotatable bonds is 4. The van der Waals surface area contributed by atoms with Gasteiger partial charge in [0.25, 0.3) is 0 Å². The summed E-state index contributed by atoms with van der Waals surface area (Å²) in [5.74, 6) is 0.674. The van der Waals surface area contributed by atoms with Crippen molar-refractivity contribution in [3.8, 4) is 11.3 Å². The van der Waals surface area contributed by atoms with Crippen LogP contribution in [0.15, 0.2) is 27.1 Å². The van der Waals surface area contributed by atoms with Gasteiger partial charge in [-0.25, -0.2) is 4.98 Å². The molecule has 2 N–H and O–H groups in total. The Morgan fingerprint density at radius 2 is 2.25 bits per heavy atom. The molecule has 0 amide bonds. The average molecular weight is 335 g/mol. The molecule has 0 fully saturated rings. The summed E-state index contributed by atoms with van der Waals surface area (Å²) in [6.07, 6.45) is 0.897. The largest absolute Gasteiger partial charge is 0.441 e. The molecule has 3 aromatic rings. The fourth-order valence-corrected chi connectivity index (χ4v) is 2.76. The van der Waals surface area contributed by atoms with Crippen LogP contribution in [0.1, 0.15) is 11.6 Å². The van der Waals surface area contributed by atoms with E-state index in [1.807, 2.05) is 32.2 Å². The minimum atomic E-state index is 0.674. The third kappa shape index (κ3) is 2.36. The van der Waals surface area contributed by atoms with Crippen molar-refractivity contribution >= 4 is 27.0 Å². The van der Waals surface area contributed by atoms with Crippen molar-refractivity contribution in [2.45, 2.75) is 13.3 Å². The van der Waals surface area contributed by atoms with Crippen molar-refractivity contribution < 1.29 is 4.42 Å². The van der Waals surface area contributed by atoms with E-state index in [0.29, 0.717) is 5.89 Å². The third-order valence-electron chi connectivity index (χ3n) is 3.17. The quantitative estimate of drug-likeness (QED) is 0.769. The Kier molecular flexibility index (Phi) is 3.58. The van der Waals surface area contributed by atoms with Crippen LogP contribution in [0.5, 0.6) is 0 Å². The van der Waals surface area contributed by atoms with E-state index in [1.54, 1.807) is 0 Å². The van der Waals surface area contributed by atoms with Gasteiger partial charge < -0.3 is 9.73 Å². The van der Waals surface area contributed by atoms with Gasteiger partial charge in [0.2, 0.25) is 0 Å². The molecule has 0 bridgehead atoms. The smallest absolute Gasteiger partial charge is 0.192 e. The van der Waals surface area contributed by atoms with Crippen LogP contribution in [-0.4, -0.2) is 28.8 Å². The van der Waals surface area contributed by atoms with Crippen LogP contribution in [0.25, 0.3) is 22.4 Å². The molecule has 2 aromatic heterocycles. The summed E-state index contributed by atoms with van der Waals surface area (Å²) in [7, 11) is 1.94. The summed E-state index contributed by atoms with van der Waals surface area (Å²) < 4.78 is 6.57. The third-order valence-corrected chi connectivity index (χ3v) is 4.02. The van der Waals surface area contributed by atoms with E-state index in [-0.39, 0.29) is 0 Å². The zero-order valence-electron chi connectivity index (χ0n) is 11.3. The van der Waals surface area contributed by atoms with Crippen LogP contribution in [0.2, 0.25) is 0 Å². The zero-order chi connectivity index (χ0) is 14.1. The summed E-state index contributed by atoms with van der Waals surface area (Å²) in [6.45, 7) is 2.75. The molecule has 2 heterocycles. The fraction of sp³-hybridized carbons (Fsp3) is 0.286. The molecule has 20 heavy (non-hydrogen) atoms. The molecule has 0 unspecified atom stereocenters. The van der Waals surface area contributed by atoms with E-state index < -0.39 is 0 Å². The highest BCUT2D eigenvalue weighted by molar-refractivity contribution is 9.10. The van der Waals surface area contributed by atoms with Gasteiger partial charge >= 0.3 is 0 Å². The Morgan fingerprint density at radius 3 is 3.05 bits per heavy atom. The van der Waals surface area contributed by atoms with Crippen LogP contribution in [-0.2, 0) is 6.42 Å². The van der Waals surface area contributed by atoms with Gasteiger partial charge in [-0.05, 0) is 35.1 Å². The van der Waals surface area contributed by atoms with Crippen LogP contribution >= 0.6 is 15.9 Å². The molecule has 0 atom stereocenters. The SMILES string of the molecule is CNCCc1[nH]nc(-c2ccc3nc(C)oc3c2)c1Br. The Morgan fingerprint density at radius 1 is 1.40 bits per heavy atom. The highest BCUT2D eigenvalue weighted by Crippen LogP contribution is 2.31. The van der Waals surface area contributed by atoms with Crippen molar-refractivity contribution in [1.82, 2.24) is 20.5 Å². The van der Waals surface area contributed by atoms with Crippen molar-refractivity contribution in [3.05, 3.63) is 34.3 Å². The lowest BCUT2D eigenvalue weighted by molar-refractivity contribution is 0.561. The number of nitrogens with one attached hydrogen (secondary N) is 2. The lowest BCUT2D eigenvalue weighted by Crippen LogP contribution is -2.10. The predicted octanol–water partition coefficient (Wildman–Crippen LogP) is 3.05. The van der Waals surface area contributed by atoms with Gasteiger partial charge in [-0.15, -0.1) is 0 Å². The van der Waals surface area contributed by atoms with E-state index in [1.165, 1.54) is 0 Å². The highest BCUT2D eigenvalue weighted by atomic mass is 79.9. The fourth-order valence-electron chi connectivity index (χ4n) is 2.16. The summed E-state index contributed by atoms with van der Waals surface area (Å²) in [6, 6.07) is 5.93. The Balaban J connectivity index is 1.99. The molecule has 0 aliphatic heterocycles. The number of hydrogen-bond acceptors (Lipinski definition) is 4. The lowest BCUT2D eigenvalue weighted by atomic mass is 10.1. The first-order chi connectivity index (χ1) is 9.69. The molecule has 0 spiro atoms.